The van der Waals surface area contributed by atoms with Crippen LogP contribution in [0.2, 0.25) is 0 Å². The summed E-state index contributed by atoms with van der Waals surface area (Å²) in [5.74, 6) is 0.554. The Bertz CT molecular complexity index is 377. The minimum atomic E-state index is -0.206. The molecule has 1 aliphatic rings. The number of aromatic nitrogens is 2. The molecule has 0 N–H and O–H groups in total. The summed E-state index contributed by atoms with van der Waals surface area (Å²) in [4.78, 5) is 13.5. The lowest BCUT2D eigenvalue weighted by molar-refractivity contribution is -0.141. The van der Waals surface area contributed by atoms with Crippen molar-refractivity contribution >= 4 is 11.8 Å². The molecule has 2 heterocycles. The van der Waals surface area contributed by atoms with Crippen molar-refractivity contribution in [3.63, 3.8) is 0 Å². The van der Waals surface area contributed by atoms with Crippen LogP contribution in [0.1, 0.15) is 18.5 Å². The monoisotopic (exact) mass is 221 g/mol. The summed E-state index contributed by atoms with van der Waals surface area (Å²) >= 11 is 0. The summed E-state index contributed by atoms with van der Waals surface area (Å²) in [6, 6.07) is 3.58. The first kappa shape index (κ1) is 10.9. The van der Waals surface area contributed by atoms with E-state index in [1.807, 2.05) is 24.0 Å². The van der Waals surface area contributed by atoms with E-state index in [-0.39, 0.29) is 12.0 Å². The van der Waals surface area contributed by atoms with Crippen LogP contribution in [-0.2, 0) is 9.53 Å². The van der Waals surface area contributed by atoms with Gasteiger partial charge in [0.05, 0.1) is 12.8 Å². The third kappa shape index (κ3) is 1.98. The zero-order valence-electron chi connectivity index (χ0n) is 9.51. The van der Waals surface area contributed by atoms with Crippen LogP contribution in [0, 0.1) is 6.92 Å². The maximum atomic E-state index is 11.6. The van der Waals surface area contributed by atoms with Gasteiger partial charge >= 0.3 is 5.97 Å². The lowest BCUT2D eigenvalue weighted by Crippen LogP contribution is -2.37. The van der Waals surface area contributed by atoms with E-state index >= 15 is 0 Å². The molecule has 0 amide bonds. The minimum Gasteiger partial charge on any atom is -0.467 e. The van der Waals surface area contributed by atoms with Crippen LogP contribution in [0.5, 0.6) is 0 Å². The van der Waals surface area contributed by atoms with Gasteiger partial charge in [0.2, 0.25) is 0 Å². The Morgan fingerprint density at radius 2 is 2.31 bits per heavy atom. The summed E-state index contributed by atoms with van der Waals surface area (Å²) in [7, 11) is 1.42. The number of aryl methyl sites for hydroxylation is 1. The first-order valence-electron chi connectivity index (χ1n) is 5.37. The van der Waals surface area contributed by atoms with Gasteiger partial charge in [0.1, 0.15) is 6.04 Å². The summed E-state index contributed by atoms with van der Waals surface area (Å²) in [6.07, 6.45) is 1.80. The molecule has 1 aliphatic heterocycles. The number of carbonyl (C=O) groups is 1. The molecular weight excluding hydrogens is 206 g/mol. The number of methoxy groups -OCH3 is 1. The largest absolute Gasteiger partial charge is 0.467 e. The highest BCUT2D eigenvalue weighted by Crippen LogP contribution is 2.23. The van der Waals surface area contributed by atoms with Crippen LogP contribution in [-0.4, -0.2) is 35.9 Å². The maximum Gasteiger partial charge on any atom is 0.328 e. The third-order valence-corrected chi connectivity index (χ3v) is 2.80. The average Bonchev–Trinajstić information content (AvgIpc) is 2.78. The van der Waals surface area contributed by atoms with Crippen molar-refractivity contribution < 1.29 is 9.53 Å². The summed E-state index contributed by atoms with van der Waals surface area (Å²) in [6.45, 7) is 2.72. The topological polar surface area (TPSA) is 55.3 Å². The lowest BCUT2D eigenvalue weighted by atomic mass is 10.2. The van der Waals surface area contributed by atoms with Gasteiger partial charge in [-0.15, -0.1) is 5.10 Å². The summed E-state index contributed by atoms with van der Waals surface area (Å²) in [5.41, 5.74) is 0.873. The molecule has 0 spiro atoms. The van der Waals surface area contributed by atoms with Gasteiger partial charge in [-0.2, -0.15) is 5.10 Å². The number of rotatable bonds is 2. The van der Waals surface area contributed by atoms with Gasteiger partial charge in [-0.3, -0.25) is 0 Å². The molecule has 0 aromatic carbocycles. The standard InChI is InChI=1S/C11H15N3O2/c1-8-5-6-10(13-12-8)14-7-3-4-9(14)11(15)16-2/h5-6,9H,3-4,7H2,1-2H3. The average molecular weight is 221 g/mol. The SMILES string of the molecule is COC(=O)C1CCCN1c1ccc(C)nn1. The Morgan fingerprint density at radius 3 is 2.94 bits per heavy atom. The van der Waals surface area contributed by atoms with Crippen LogP contribution in [0.25, 0.3) is 0 Å². The van der Waals surface area contributed by atoms with Crippen LogP contribution in [0.3, 0.4) is 0 Å². The zero-order chi connectivity index (χ0) is 11.5. The van der Waals surface area contributed by atoms with Crippen molar-refractivity contribution in [2.24, 2.45) is 0 Å². The Balaban J connectivity index is 2.19. The molecule has 0 bridgehead atoms. The molecule has 86 valence electrons. The van der Waals surface area contributed by atoms with Crippen LogP contribution in [0.15, 0.2) is 12.1 Å². The predicted octanol–water partition coefficient (Wildman–Crippen LogP) is 0.927. The number of esters is 1. The van der Waals surface area contributed by atoms with Gasteiger partial charge < -0.3 is 9.64 Å². The first-order valence-corrected chi connectivity index (χ1v) is 5.37. The smallest absolute Gasteiger partial charge is 0.328 e. The number of hydrogen-bond donors (Lipinski definition) is 0. The van der Waals surface area contributed by atoms with Crippen molar-refractivity contribution in [2.45, 2.75) is 25.8 Å². The van der Waals surface area contributed by atoms with Crippen molar-refractivity contribution in [3.8, 4) is 0 Å². The minimum absolute atomic E-state index is 0.195. The lowest BCUT2D eigenvalue weighted by Gasteiger charge is -2.22. The number of hydrogen-bond acceptors (Lipinski definition) is 5. The molecule has 1 atom stereocenters. The predicted molar refractivity (Wildman–Crippen MR) is 59.2 cm³/mol. The van der Waals surface area contributed by atoms with Gasteiger partial charge in [-0.1, -0.05) is 0 Å². The zero-order valence-corrected chi connectivity index (χ0v) is 9.51. The fourth-order valence-corrected chi connectivity index (χ4v) is 1.97. The highest BCUT2D eigenvalue weighted by Gasteiger charge is 2.32. The summed E-state index contributed by atoms with van der Waals surface area (Å²) in [5, 5.41) is 8.09. The van der Waals surface area contributed by atoms with E-state index in [9.17, 15) is 4.79 Å². The van der Waals surface area contributed by atoms with Crippen molar-refractivity contribution in [2.75, 3.05) is 18.6 Å². The van der Waals surface area contributed by atoms with E-state index in [4.69, 9.17) is 4.74 Å². The first-order chi connectivity index (χ1) is 7.72. The Morgan fingerprint density at radius 1 is 1.50 bits per heavy atom. The van der Waals surface area contributed by atoms with Crippen LogP contribution < -0.4 is 4.90 Å². The number of nitrogens with zero attached hydrogens (tertiary/aromatic N) is 3. The Kier molecular flexibility index (Phi) is 3.03. The van der Waals surface area contributed by atoms with E-state index in [0.29, 0.717) is 0 Å². The second kappa shape index (κ2) is 4.47. The molecule has 0 aliphatic carbocycles. The Labute approximate surface area is 94.4 Å². The molecule has 1 unspecified atom stereocenters. The highest BCUT2D eigenvalue weighted by atomic mass is 16.5. The molecule has 2 rings (SSSR count). The third-order valence-electron chi connectivity index (χ3n) is 2.80. The quantitative estimate of drug-likeness (QED) is 0.695. The number of carbonyl (C=O) groups excluding carboxylic acids is 1. The van der Waals surface area contributed by atoms with Gasteiger partial charge in [0.15, 0.2) is 5.82 Å². The fourth-order valence-electron chi connectivity index (χ4n) is 1.97. The van der Waals surface area contributed by atoms with Crippen molar-refractivity contribution in [1.29, 1.82) is 0 Å². The van der Waals surface area contributed by atoms with Crippen molar-refractivity contribution in [1.82, 2.24) is 10.2 Å². The molecule has 1 aromatic rings. The van der Waals surface area contributed by atoms with Crippen LogP contribution in [0.4, 0.5) is 5.82 Å². The van der Waals surface area contributed by atoms with Gasteiger partial charge in [-0.25, -0.2) is 4.79 Å². The number of anilines is 1. The molecule has 1 aromatic heterocycles. The molecule has 0 saturated carbocycles. The van der Waals surface area contributed by atoms with Crippen molar-refractivity contribution in [3.05, 3.63) is 17.8 Å². The van der Waals surface area contributed by atoms with Gasteiger partial charge in [-0.05, 0) is 31.9 Å². The maximum absolute atomic E-state index is 11.6. The van der Waals surface area contributed by atoms with E-state index in [0.717, 1.165) is 30.9 Å². The molecule has 1 fully saturated rings. The normalized spacial score (nSPS) is 19.9. The van der Waals surface area contributed by atoms with E-state index in [1.165, 1.54) is 7.11 Å². The van der Waals surface area contributed by atoms with Gasteiger partial charge in [0, 0.05) is 6.54 Å². The van der Waals surface area contributed by atoms with E-state index in [2.05, 4.69) is 10.2 Å². The highest BCUT2D eigenvalue weighted by molar-refractivity contribution is 5.80. The van der Waals surface area contributed by atoms with Crippen LogP contribution >= 0.6 is 0 Å². The second-order valence-corrected chi connectivity index (χ2v) is 3.91. The van der Waals surface area contributed by atoms with E-state index < -0.39 is 0 Å². The fraction of sp³-hybridized carbons (Fsp3) is 0.545. The van der Waals surface area contributed by atoms with E-state index in [1.54, 1.807) is 0 Å². The summed E-state index contributed by atoms with van der Waals surface area (Å²) < 4.78 is 4.78. The molecule has 5 nitrogen and oxygen atoms in total. The second-order valence-electron chi connectivity index (χ2n) is 3.91. The molecule has 0 radical (unpaired) electrons. The molecule has 1 saturated heterocycles. The molecular formula is C11H15N3O2. The number of ether oxygens (including phenoxy) is 1. The molecule has 5 heteroatoms. The Hall–Kier alpha value is -1.65. The van der Waals surface area contributed by atoms with Gasteiger partial charge in [0.25, 0.3) is 0 Å². The molecule has 16 heavy (non-hydrogen) atoms.